The molecule has 3 rings (SSSR count). The molecule has 2 heterocycles. The standard InChI is InChI=1S/C23H18N4O2/c1-5-25-23-19(15(3)28)12-20(16-9-10-26-21(11-16)29-4)22(27-23)18-8-6-7-17(13-24)14(18)2/h1,6-12H,2-4H3,(H,25,27). The van der Waals surface area contributed by atoms with E-state index in [4.69, 9.17) is 11.2 Å². The summed E-state index contributed by atoms with van der Waals surface area (Å²) in [6.07, 6.45) is 7.02. The van der Waals surface area contributed by atoms with Gasteiger partial charge in [0, 0.05) is 29.4 Å². The maximum Gasteiger partial charge on any atom is 0.213 e. The Labute approximate surface area is 169 Å². The first kappa shape index (κ1) is 19.6. The SMILES string of the molecule is C#CNc1nc(-c2cccc(C#N)c2C)c(-c2ccnc(OC)c2)cc1C(C)=O. The Hall–Kier alpha value is -4.16. The molecule has 2 aromatic heterocycles. The van der Waals surface area contributed by atoms with Crippen LogP contribution in [0.2, 0.25) is 0 Å². The zero-order valence-corrected chi connectivity index (χ0v) is 16.3. The smallest absolute Gasteiger partial charge is 0.213 e. The highest BCUT2D eigenvalue weighted by atomic mass is 16.5. The molecule has 6 heteroatoms. The number of hydrogen-bond acceptors (Lipinski definition) is 6. The van der Waals surface area contributed by atoms with Crippen LogP contribution in [0.4, 0.5) is 5.82 Å². The van der Waals surface area contributed by atoms with Crippen molar-refractivity contribution in [1.29, 1.82) is 5.26 Å². The third kappa shape index (κ3) is 3.78. The lowest BCUT2D eigenvalue weighted by atomic mass is 9.93. The van der Waals surface area contributed by atoms with E-state index in [2.05, 4.69) is 27.4 Å². The Bertz CT molecular complexity index is 1190. The molecule has 0 fully saturated rings. The largest absolute Gasteiger partial charge is 0.481 e. The number of Topliss-reactive ketones (excluding diaryl/α,β-unsaturated/α-hetero) is 1. The van der Waals surface area contributed by atoms with Crippen molar-refractivity contribution < 1.29 is 9.53 Å². The highest BCUT2D eigenvalue weighted by molar-refractivity contribution is 6.02. The molecule has 0 saturated heterocycles. The van der Waals surface area contributed by atoms with E-state index in [1.54, 1.807) is 30.5 Å². The molecule has 6 nitrogen and oxygen atoms in total. The lowest BCUT2D eigenvalue weighted by Crippen LogP contribution is -2.06. The summed E-state index contributed by atoms with van der Waals surface area (Å²) in [4.78, 5) is 21.1. The highest BCUT2D eigenvalue weighted by Crippen LogP contribution is 2.37. The van der Waals surface area contributed by atoms with Gasteiger partial charge in [-0.15, -0.1) is 0 Å². The number of methoxy groups -OCH3 is 1. The first-order valence-electron chi connectivity index (χ1n) is 8.78. The minimum absolute atomic E-state index is 0.174. The Morgan fingerprint density at radius 1 is 1.24 bits per heavy atom. The molecular weight excluding hydrogens is 364 g/mol. The summed E-state index contributed by atoms with van der Waals surface area (Å²) in [5, 5.41) is 12.1. The van der Waals surface area contributed by atoms with E-state index in [1.165, 1.54) is 14.0 Å². The van der Waals surface area contributed by atoms with Gasteiger partial charge in [-0.2, -0.15) is 5.26 Å². The first-order valence-corrected chi connectivity index (χ1v) is 8.78. The zero-order chi connectivity index (χ0) is 21.0. The minimum Gasteiger partial charge on any atom is -0.481 e. The van der Waals surface area contributed by atoms with Crippen LogP contribution in [0, 0.1) is 30.7 Å². The second-order valence-corrected chi connectivity index (χ2v) is 6.28. The van der Waals surface area contributed by atoms with Crippen LogP contribution < -0.4 is 10.1 Å². The molecule has 0 saturated carbocycles. The van der Waals surface area contributed by atoms with Gasteiger partial charge < -0.3 is 4.74 Å². The Kier molecular flexibility index (Phi) is 5.57. The highest BCUT2D eigenvalue weighted by Gasteiger charge is 2.19. The van der Waals surface area contributed by atoms with Crippen molar-refractivity contribution >= 4 is 11.6 Å². The first-order chi connectivity index (χ1) is 14.0. The fraction of sp³-hybridized carbons (Fsp3) is 0.130. The van der Waals surface area contributed by atoms with Crippen molar-refractivity contribution in [2.75, 3.05) is 12.4 Å². The fourth-order valence-electron chi connectivity index (χ4n) is 3.07. The van der Waals surface area contributed by atoms with Gasteiger partial charge in [-0.3, -0.25) is 10.1 Å². The second-order valence-electron chi connectivity index (χ2n) is 6.28. The monoisotopic (exact) mass is 382 g/mol. The number of nitrogens with one attached hydrogen (secondary N) is 1. The summed E-state index contributed by atoms with van der Waals surface area (Å²) in [5.74, 6) is 0.555. The normalized spacial score (nSPS) is 9.97. The molecule has 0 aliphatic rings. The number of terminal acetylenes is 1. The van der Waals surface area contributed by atoms with Gasteiger partial charge in [-0.05, 0) is 43.2 Å². The second kappa shape index (κ2) is 8.24. The van der Waals surface area contributed by atoms with E-state index in [9.17, 15) is 10.1 Å². The number of rotatable bonds is 5. The Morgan fingerprint density at radius 3 is 2.69 bits per heavy atom. The summed E-state index contributed by atoms with van der Waals surface area (Å²) >= 11 is 0. The quantitative estimate of drug-likeness (QED) is 0.404. The third-order valence-electron chi connectivity index (χ3n) is 4.56. The maximum absolute atomic E-state index is 12.2. The van der Waals surface area contributed by atoms with Crippen LogP contribution in [-0.4, -0.2) is 22.9 Å². The average Bonchev–Trinajstić information content (AvgIpc) is 2.73. The average molecular weight is 382 g/mol. The predicted molar refractivity (Wildman–Crippen MR) is 111 cm³/mol. The van der Waals surface area contributed by atoms with E-state index in [-0.39, 0.29) is 5.78 Å². The van der Waals surface area contributed by atoms with Crippen LogP contribution >= 0.6 is 0 Å². The van der Waals surface area contributed by atoms with E-state index >= 15 is 0 Å². The lowest BCUT2D eigenvalue weighted by molar-refractivity contribution is 0.101. The van der Waals surface area contributed by atoms with Crippen molar-refractivity contribution in [2.45, 2.75) is 13.8 Å². The van der Waals surface area contributed by atoms with Gasteiger partial charge in [0.1, 0.15) is 5.82 Å². The molecule has 0 atom stereocenters. The van der Waals surface area contributed by atoms with Crippen LogP contribution in [0.3, 0.4) is 0 Å². The molecule has 1 N–H and O–H groups in total. The van der Waals surface area contributed by atoms with Gasteiger partial charge in [-0.25, -0.2) is 9.97 Å². The van der Waals surface area contributed by atoms with E-state index in [0.29, 0.717) is 34.1 Å². The van der Waals surface area contributed by atoms with E-state index < -0.39 is 0 Å². The molecule has 0 aliphatic carbocycles. The van der Waals surface area contributed by atoms with Crippen LogP contribution in [0.1, 0.15) is 28.4 Å². The molecular formula is C23H18N4O2. The molecule has 0 aliphatic heterocycles. The number of nitrogens with zero attached hydrogens (tertiary/aromatic N) is 3. The number of pyridine rings is 2. The summed E-state index contributed by atoms with van der Waals surface area (Å²) in [6.45, 7) is 3.32. The lowest BCUT2D eigenvalue weighted by Gasteiger charge is -2.16. The molecule has 0 radical (unpaired) electrons. The van der Waals surface area contributed by atoms with Crippen molar-refractivity contribution in [3.8, 4) is 46.8 Å². The summed E-state index contributed by atoms with van der Waals surface area (Å²) in [6, 6.07) is 15.3. The minimum atomic E-state index is -0.174. The third-order valence-corrected chi connectivity index (χ3v) is 4.56. The fourth-order valence-corrected chi connectivity index (χ4v) is 3.07. The summed E-state index contributed by atoms with van der Waals surface area (Å²) < 4.78 is 5.24. The maximum atomic E-state index is 12.2. The van der Waals surface area contributed by atoms with Crippen molar-refractivity contribution in [1.82, 2.24) is 9.97 Å². The number of benzene rings is 1. The summed E-state index contributed by atoms with van der Waals surface area (Å²) in [7, 11) is 1.53. The number of carbonyl (C=O) groups is 1. The van der Waals surface area contributed by atoms with Crippen LogP contribution in [0.5, 0.6) is 5.88 Å². The van der Waals surface area contributed by atoms with Crippen LogP contribution in [0.25, 0.3) is 22.4 Å². The number of nitriles is 1. The number of ketones is 1. The van der Waals surface area contributed by atoms with Gasteiger partial charge in [0.25, 0.3) is 0 Å². The topological polar surface area (TPSA) is 87.9 Å². The molecule has 0 spiro atoms. The van der Waals surface area contributed by atoms with Crippen molar-refractivity contribution in [2.24, 2.45) is 0 Å². The number of hydrogen-bond donors (Lipinski definition) is 1. The van der Waals surface area contributed by atoms with E-state index in [0.717, 1.165) is 16.7 Å². The number of anilines is 1. The Morgan fingerprint density at radius 2 is 2.03 bits per heavy atom. The van der Waals surface area contributed by atoms with Gasteiger partial charge >= 0.3 is 0 Å². The van der Waals surface area contributed by atoms with Crippen LogP contribution in [-0.2, 0) is 0 Å². The summed E-state index contributed by atoms with van der Waals surface area (Å²) in [5.41, 5.74) is 4.54. The number of carbonyl (C=O) groups excluding carboxylic acids is 1. The van der Waals surface area contributed by atoms with E-state index in [1.807, 2.05) is 19.1 Å². The predicted octanol–water partition coefficient (Wildman–Crippen LogP) is 4.20. The van der Waals surface area contributed by atoms with Crippen molar-refractivity contribution in [3.05, 3.63) is 59.3 Å². The zero-order valence-electron chi connectivity index (χ0n) is 16.3. The molecule has 3 aromatic rings. The molecule has 0 unspecified atom stereocenters. The molecule has 0 bridgehead atoms. The Balaban J connectivity index is 2.39. The van der Waals surface area contributed by atoms with Gasteiger partial charge in [0.05, 0.1) is 30.0 Å². The van der Waals surface area contributed by atoms with Gasteiger partial charge in [0.15, 0.2) is 5.78 Å². The number of aromatic nitrogens is 2. The molecule has 0 amide bonds. The van der Waals surface area contributed by atoms with Crippen LogP contribution in [0.15, 0.2) is 42.6 Å². The number of ether oxygens (including phenoxy) is 1. The molecule has 29 heavy (non-hydrogen) atoms. The molecule has 1 aromatic carbocycles. The van der Waals surface area contributed by atoms with Crippen molar-refractivity contribution in [3.63, 3.8) is 0 Å². The van der Waals surface area contributed by atoms with Gasteiger partial charge in [-0.1, -0.05) is 18.6 Å². The molecule has 142 valence electrons. The van der Waals surface area contributed by atoms with Gasteiger partial charge in [0.2, 0.25) is 5.88 Å².